The monoisotopic (exact) mass is 235 g/mol. The minimum atomic E-state index is 0.227. The van der Waals surface area contributed by atoms with Crippen LogP contribution in [0.25, 0.3) is 0 Å². The summed E-state index contributed by atoms with van der Waals surface area (Å²) in [6.45, 7) is 10.5. The first-order chi connectivity index (χ1) is 7.95. The van der Waals surface area contributed by atoms with Gasteiger partial charge in [-0.1, -0.05) is 39.0 Å². The molecule has 0 spiro atoms. The van der Waals surface area contributed by atoms with Gasteiger partial charge in [0.1, 0.15) is 0 Å². The van der Waals surface area contributed by atoms with Crippen LogP contribution < -0.4 is 16.6 Å². The van der Waals surface area contributed by atoms with E-state index in [0.717, 1.165) is 13.0 Å². The molecule has 0 amide bonds. The van der Waals surface area contributed by atoms with Crippen LogP contribution in [0.4, 0.5) is 0 Å². The topological polar surface area (TPSA) is 50.1 Å². The van der Waals surface area contributed by atoms with Gasteiger partial charge in [0.05, 0.1) is 6.67 Å². The smallest absolute Gasteiger partial charge is 0.0587 e. The number of hydrazine groups is 1. The van der Waals surface area contributed by atoms with Crippen molar-refractivity contribution in [3.05, 3.63) is 34.9 Å². The number of rotatable bonds is 5. The number of aryl methyl sites for hydroxylation is 1. The Morgan fingerprint density at radius 1 is 1.24 bits per heavy atom. The fourth-order valence-electron chi connectivity index (χ4n) is 1.83. The van der Waals surface area contributed by atoms with Crippen LogP contribution in [0, 0.1) is 6.92 Å². The number of nitrogens with one attached hydrogen (secondary N) is 2. The van der Waals surface area contributed by atoms with E-state index >= 15 is 0 Å². The standard InChI is InChI=1S/C14H25N3/c1-11-9-13(14(2,3)4)6-5-12(11)7-8-16-10-17-15/h5-6,9,16-17H,7-8,10,15H2,1-4H3. The second-order valence-electron chi connectivity index (χ2n) is 5.52. The van der Waals surface area contributed by atoms with Gasteiger partial charge in [0, 0.05) is 6.54 Å². The van der Waals surface area contributed by atoms with Crippen LogP contribution in [-0.4, -0.2) is 13.2 Å². The van der Waals surface area contributed by atoms with E-state index in [-0.39, 0.29) is 5.41 Å². The molecular formula is C14H25N3. The molecule has 0 aliphatic heterocycles. The molecule has 0 radical (unpaired) electrons. The Balaban J connectivity index is 2.64. The summed E-state index contributed by atoms with van der Waals surface area (Å²) in [5.41, 5.74) is 6.99. The maximum Gasteiger partial charge on any atom is 0.0587 e. The molecule has 0 heterocycles. The van der Waals surface area contributed by atoms with Crippen molar-refractivity contribution in [3.63, 3.8) is 0 Å². The van der Waals surface area contributed by atoms with Crippen LogP contribution in [0.1, 0.15) is 37.5 Å². The number of benzene rings is 1. The highest BCUT2D eigenvalue weighted by atomic mass is 15.3. The zero-order valence-corrected chi connectivity index (χ0v) is 11.4. The molecule has 0 aromatic heterocycles. The van der Waals surface area contributed by atoms with Gasteiger partial charge < -0.3 is 5.32 Å². The highest BCUT2D eigenvalue weighted by molar-refractivity contribution is 5.34. The van der Waals surface area contributed by atoms with Crippen molar-refractivity contribution in [1.82, 2.24) is 10.7 Å². The number of hydrogen-bond donors (Lipinski definition) is 3. The minimum absolute atomic E-state index is 0.227. The van der Waals surface area contributed by atoms with Gasteiger partial charge in [-0.15, -0.1) is 0 Å². The molecule has 0 aliphatic carbocycles. The Morgan fingerprint density at radius 2 is 1.94 bits per heavy atom. The van der Waals surface area contributed by atoms with Crippen LogP contribution in [0.3, 0.4) is 0 Å². The largest absolute Gasteiger partial charge is 0.303 e. The van der Waals surface area contributed by atoms with Gasteiger partial charge >= 0.3 is 0 Å². The third-order valence-corrected chi connectivity index (χ3v) is 3.01. The Hall–Kier alpha value is -0.900. The van der Waals surface area contributed by atoms with Gasteiger partial charge in [-0.2, -0.15) is 0 Å². The van der Waals surface area contributed by atoms with E-state index in [4.69, 9.17) is 5.84 Å². The molecule has 1 rings (SSSR count). The van der Waals surface area contributed by atoms with Gasteiger partial charge in [0.25, 0.3) is 0 Å². The van der Waals surface area contributed by atoms with Crippen molar-refractivity contribution in [2.45, 2.75) is 39.5 Å². The van der Waals surface area contributed by atoms with Gasteiger partial charge in [0.2, 0.25) is 0 Å². The molecule has 0 unspecified atom stereocenters. The molecule has 0 fully saturated rings. The average Bonchev–Trinajstić information content (AvgIpc) is 2.24. The molecule has 0 saturated carbocycles. The van der Waals surface area contributed by atoms with Gasteiger partial charge in [0.15, 0.2) is 0 Å². The van der Waals surface area contributed by atoms with Crippen LogP contribution >= 0.6 is 0 Å². The second kappa shape index (κ2) is 6.15. The van der Waals surface area contributed by atoms with E-state index in [9.17, 15) is 0 Å². The van der Waals surface area contributed by atoms with Crippen molar-refractivity contribution in [2.75, 3.05) is 13.2 Å². The molecule has 3 heteroatoms. The van der Waals surface area contributed by atoms with Crippen LogP contribution in [0.5, 0.6) is 0 Å². The van der Waals surface area contributed by atoms with E-state index < -0.39 is 0 Å². The number of nitrogens with two attached hydrogens (primary N) is 1. The Bertz CT molecular complexity index is 353. The van der Waals surface area contributed by atoms with Gasteiger partial charge in [-0.05, 0) is 35.4 Å². The molecule has 4 N–H and O–H groups in total. The van der Waals surface area contributed by atoms with Crippen molar-refractivity contribution >= 4 is 0 Å². The van der Waals surface area contributed by atoms with Gasteiger partial charge in [-0.3, -0.25) is 5.84 Å². The van der Waals surface area contributed by atoms with Crippen LogP contribution in [0.15, 0.2) is 18.2 Å². The second-order valence-corrected chi connectivity index (χ2v) is 5.52. The molecule has 0 saturated heterocycles. The lowest BCUT2D eigenvalue weighted by molar-refractivity contribution is 0.587. The van der Waals surface area contributed by atoms with Gasteiger partial charge in [-0.25, -0.2) is 5.43 Å². The van der Waals surface area contributed by atoms with E-state index in [0.29, 0.717) is 6.67 Å². The molecule has 1 aromatic carbocycles. The fraction of sp³-hybridized carbons (Fsp3) is 0.571. The lowest BCUT2D eigenvalue weighted by Gasteiger charge is -2.20. The third-order valence-electron chi connectivity index (χ3n) is 3.01. The normalized spacial score (nSPS) is 11.8. The first-order valence-corrected chi connectivity index (χ1v) is 6.19. The Labute approximate surface area is 105 Å². The Morgan fingerprint density at radius 3 is 2.47 bits per heavy atom. The third kappa shape index (κ3) is 4.46. The zero-order valence-electron chi connectivity index (χ0n) is 11.4. The predicted octanol–water partition coefficient (Wildman–Crippen LogP) is 1.85. The summed E-state index contributed by atoms with van der Waals surface area (Å²) in [7, 11) is 0. The summed E-state index contributed by atoms with van der Waals surface area (Å²) >= 11 is 0. The van der Waals surface area contributed by atoms with Crippen LogP contribution in [-0.2, 0) is 11.8 Å². The lowest BCUT2D eigenvalue weighted by Crippen LogP contribution is -2.34. The molecule has 17 heavy (non-hydrogen) atoms. The van der Waals surface area contributed by atoms with E-state index in [1.54, 1.807) is 0 Å². The summed E-state index contributed by atoms with van der Waals surface area (Å²) in [6.07, 6.45) is 1.04. The molecule has 0 aliphatic rings. The molecule has 0 bridgehead atoms. The molecule has 1 aromatic rings. The van der Waals surface area contributed by atoms with E-state index in [1.165, 1.54) is 16.7 Å². The number of hydrogen-bond acceptors (Lipinski definition) is 3. The maximum absolute atomic E-state index is 5.19. The van der Waals surface area contributed by atoms with Crippen molar-refractivity contribution < 1.29 is 0 Å². The van der Waals surface area contributed by atoms with Crippen molar-refractivity contribution in [3.8, 4) is 0 Å². The average molecular weight is 235 g/mol. The highest BCUT2D eigenvalue weighted by Gasteiger charge is 2.14. The molecule has 96 valence electrons. The Kier molecular flexibility index (Phi) is 5.12. The quantitative estimate of drug-likeness (QED) is 0.316. The summed E-state index contributed by atoms with van der Waals surface area (Å²) in [4.78, 5) is 0. The highest BCUT2D eigenvalue weighted by Crippen LogP contribution is 2.24. The van der Waals surface area contributed by atoms with Crippen LogP contribution in [0.2, 0.25) is 0 Å². The minimum Gasteiger partial charge on any atom is -0.303 e. The van der Waals surface area contributed by atoms with Crippen molar-refractivity contribution in [1.29, 1.82) is 0 Å². The molecule has 3 nitrogen and oxygen atoms in total. The first-order valence-electron chi connectivity index (χ1n) is 6.19. The molecular weight excluding hydrogens is 210 g/mol. The zero-order chi connectivity index (χ0) is 12.9. The SMILES string of the molecule is Cc1cc(C(C)(C)C)ccc1CCNCNN. The van der Waals surface area contributed by atoms with E-state index in [1.807, 2.05) is 0 Å². The summed E-state index contributed by atoms with van der Waals surface area (Å²) < 4.78 is 0. The lowest BCUT2D eigenvalue weighted by atomic mass is 9.85. The predicted molar refractivity (Wildman–Crippen MR) is 73.8 cm³/mol. The molecule has 0 atom stereocenters. The summed E-state index contributed by atoms with van der Waals surface area (Å²) in [6, 6.07) is 6.79. The van der Waals surface area contributed by atoms with Crippen molar-refractivity contribution in [2.24, 2.45) is 5.84 Å². The first kappa shape index (κ1) is 14.2. The summed E-state index contributed by atoms with van der Waals surface area (Å²) in [5, 5.41) is 3.22. The summed E-state index contributed by atoms with van der Waals surface area (Å²) in [5.74, 6) is 5.19. The maximum atomic E-state index is 5.19. The van der Waals surface area contributed by atoms with E-state index in [2.05, 4.69) is 56.6 Å². The fourth-order valence-corrected chi connectivity index (χ4v) is 1.83.